The predicted molar refractivity (Wildman–Crippen MR) is 57.5 cm³/mol. The lowest BCUT2D eigenvalue weighted by atomic mass is 10.1. The predicted octanol–water partition coefficient (Wildman–Crippen LogP) is 2.80. The molecule has 2 rings (SSSR count). The molecule has 0 bridgehead atoms. The van der Waals surface area contributed by atoms with Crippen molar-refractivity contribution in [1.82, 2.24) is 9.55 Å². The van der Waals surface area contributed by atoms with Gasteiger partial charge in [-0.1, -0.05) is 19.1 Å². The van der Waals surface area contributed by atoms with E-state index in [1.54, 1.807) is 0 Å². The van der Waals surface area contributed by atoms with Crippen LogP contribution in [0.15, 0.2) is 18.2 Å². The van der Waals surface area contributed by atoms with Crippen molar-refractivity contribution in [2.75, 3.05) is 0 Å². The molecule has 2 aromatic rings. The molecule has 0 saturated carbocycles. The fourth-order valence-electron chi connectivity index (χ4n) is 1.67. The zero-order valence-electron chi connectivity index (χ0n) is 7.79. The van der Waals surface area contributed by atoms with Crippen molar-refractivity contribution in [2.45, 2.75) is 13.3 Å². The lowest BCUT2D eigenvalue weighted by Gasteiger charge is -2.00. The van der Waals surface area contributed by atoms with Gasteiger partial charge in [0.2, 0.25) is 0 Å². The number of hydrogen-bond acceptors (Lipinski definition) is 1. The summed E-state index contributed by atoms with van der Waals surface area (Å²) in [4.78, 5) is 3.18. The van der Waals surface area contributed by atoms with Crippen LogP contribution in [0.3, 0.4) is 0 Å². The third kappa shape index (κ3) is 1.20. The van der Waals surface area contributed by atoms with E-state index in [4.69, 9.17) is 12.2 Å². The van der Waals surface area contributed by atoms with Gasteiger partial charge in [-0.05, 0) is 30.3 Å². The molecule has 0 fully saturated rings. The molecule has 0 amide bonds. The number of H-pyrrole nitrogens is 1. The van der Waals surface area contributed by atoms with E-state index in [-0.39, 0.29) is 0 Å². The fraction of sp³-hybridized carbons (Fsp3) is 0.300. The van der Waals surface area contributed by atoms with Crippen LogP contribution in [0.25, 0.3) is 11.0 Å². The Hall–Kier alpha value is -1.09. The van der Waals surface area contributed by atoms with Crippen LogP contribution in [0.4, 0.5) is 0 Å². The zero-order valence-corrected chi connectivity index (χ0v) is 8.61. The van der Waals surface area contributed by atoms with E-state index >= 15 is 0 Å². The van der Waals surface area contributed by atoms with Gasteiger partial charge >= 0.3 is 0 Å². The van der Waals surface area contributed by atoms with Gasteiger partial charge in [-0.2, -0.15) is 0 Å². The van der Waals surface area contributed by atoms with Crippen LogP contribution in [0.5, 0.6) is 0 Å². The number of imidazole rings is 1. The maximum atomic E-state index is 5.17. The van der Waals surface area contributed by atoms with Gasteiger partial charge < -0.3 is 9.55 Å². The van der Waals surface area contributed by atoms with E-state index in [0.29, 0.717) is 0 Å². The maximum Gasteiger partial charge on any atom is 0.177 e. The molecule has 68 valence electrons. The van der Waals surface area contributed by atoms with Crippen molar-refractivity contribution in [3.8, 4) is 0 Å². The summed E-state index contributed by atoms with van der Waals surface area (Å²) in [6.45, 7) is 2.16. The Morgan fingerprint density at radius 2 is 2.23 bits per heavy atom. The molecular weight excluding hydrogens is 180 g/mol. The Kier molecular flexibility index (Phi) is 1.96. The lowest BCUT2D eigenvalue weighted by molar-refractivity contribution is 0.918. The summed E-state index contributed by atoms with van der Waals surface area (Å²) < 4.78 is 2.82. The van der Waals surface area contributed by atoms with Crippen LogP contribution in [-0.4, -0.2) is 9.55 Å². The summed E-state index contributed by atoms with van der Waals surface area (Å²) in [5, 5.41) is 0. The molecule has 0 unspecified atom stereocenters. The summed E-state index contributed by atoms with van der Waals surface area (Å²) in [6.07, 6.45) is 1.04. The van der Waals surface area contributed by atoms with Gasteiger partial charge in [0.05, 0.1) is 11.0 Å². The molecule has 1 N–H and O–H groups in total. The Bertz CT molecular complexity index is 493. The number of nitrogens with zero attached hydrogens (tertiary/aromatic N) is 1. The van der Waals surface area contributed by atoms with Crippen molar-refractivity contribution in [3.63, 3.8) is 0 Å². The quantitative estimate of drug-likeness (QED) is 0.689. The van der Waals surface area contributed by atoms with E-state index < -0.39 is 0 Å². The van der Waals surface area contributed by atoms with Crippen LogP contribution in [0.2, 0.25) is 0 Å². The summed E-state index contributed by atoms with van der Waals surface area (Å²) in [7, 11) is 2.00. The van der Waals surface area contributed by atoms with Crippen LogP contribution in [0.1, 0.15) is 12.5 Å². The maximum absolute atomic E-state index is 5.17. The molecule has 3 heteroatoms. The second-order valence-electron chi connectivity index (χ2n) is 3.16. The second-order valence-corrected chi connectivity index (χ2v) is 3.54. The van der Waals surface area contributed by atoms with Crippen molar-refractivity contribution >= 4 is 23.3 Å². The number of aromatic amines is 1. The van der Waals surface area contributed by atoms with Crippen LogP contribution in [-0.2, 0) is 13.5 Å². The Morgan fingerprint density at radius 1 is 1.46 bits per heavy atom. The number of nitrogens with one attached hydrogen (secondary N) is 1. The van der Waals surface area contributed by atoms with Gasteiger partial charge in [-0.25, -0.2) is 0 Å². The van der Waals surface area contributed by atoms with Crippen molar-refractivity contribution in [3.05, 3.63) is 28.5 Å². The number of aromatic nitrogens is 2. The lowest BCUT2D eigenvalue weighted by Crippen LogP contribution is -1.91. The van der Waals surface area contributed by atoms with Crippen molar-refractivity contribution in [2.24, 2.45) is 7.05 Å². The number of benzene rings is 1. The van der Waals surface area contributed by atoms with Gasteiger partial charge in [0.1, 0.15) is 0 Å². The van der Waals surface area contributed by atoms with Crippen LogP contribution >= 0.6 is 12.2 Å². The first-order chi connectivity index (χ1) is 6.24. The Balaban J connectivity index is 2.95. The number of fused-ring (bicyclic) bond motifs is 1. The Labute approximate surface area is 82.2 Å². The molecule has 0 aliphatic rings. The molecule has 13 heavy (non-hydrogen) atoms. The van der Waals surface area contributed by atoms with Crippen molar-refractivity contribution in [1.29, 1.82) is 0 Å². The average Bonchev–Trinajstić information content (AvgIpc) is 2.43. The fourth-order valence-corrected chi connectivity index (χ4v) is 1.88. The van der Waals surface area contributed by atoms with E-state index in [1.165, 1.54) is 11.1 Å². The highest BCUT2D eigenvalue weighted by molar-refractivity contribution is 7.71. The van der Waals surface area contributed by atoms with Gasteiger partial charge in [-0.3, -0.25) is 0 Å². The van der Waals surface area contributed by atoms with Crippen LogP contribution < -0.4 is 0 Å². The molecule has 0 aliphatic heterocycles. The molecule has 1 aromatic carbocycles. The number of aryl methyl sites for hydroxylation is 2. The van der Waals surface area contributed by atoms with E-state index in [1.807, 2.05) is 11.6 Å². The van der Waals surface area contributed by atoms with E-state index in [9.17, 15) is 0 Å². The molecule has 0 saturated heterocycles. The molecule has 1 heterocycles. The first-order valence-electron chi connectivity index (χ1n) is 4.40. The topological polar surface area (TPSA) is 20.7 Å². The van der Waals surface area contributed by atoms with E-state index in [2.05, 4.69) is 30.1 Å². The molecule has 0 aliphatic carbocycles. The SMILES string of the molecule is CCc1cccc2[nH]c(=S)n(C)c12. The number of rotatable bonds is 1. The minimum absolute atomic E-state index is 0.788. The third-order valence-electron chi connectivity index (χ3n) is 2.38. The zero-order chi connectivity index (χ0) is 9.42. The smallest absolute Gasteiger partial charge is 0.177 e. The molecule has 2 nitrogen and oxygen atoms in total. The summed E-state index contributed by atoms with van der Waals surface area (Å²) in [6, 6.07) is 6.27. The molecule has 0 atom stereocenters. The third-order valence-corrected chi connectivity index (χ3v) is 2.76. The first-order valence-corrected chi connectivity index (χ1v) is 4.81. The minimum atomic E-state index is 0.788. The first kappa shape index (κ1) is 8.51. The Morgan fingerprint density at radius 3 is 2.92 bits per heavy atom. The standard InChI is InChI=1S/C10H12N2S/c1-3-7-5-4-6-8-9(7)12(2)10(13)11-8/h4-6H,3H2,1-2H3,(H,11,13). The highest BCUT2D eigenvalue weighted by Crippen LogP contribution is 2.17. The normalized spacial score (nSPS) is 10.9. The second kappa shape index (κ2) is 3.00. The minimum Gasteiger partial charge on any atom is -0.331 e. The van der Waals surface area contributed by atoms with Gasteiger partial charge in [0.25, 0.3) is 0 Å². The summed E-state index contributed by atoms with van der Waals surface area (Å²) in [5.74, 6) is 0. The summed E-state index contributed by atoms with van der Waals surface area (Å²) >= 11 is 5.17. The highest BCUT2D eigenvalue weighted by atomic mass is 32.1. The van der Waals surface area contributed by atoms with Crippen LogP contribution in [0, 0.1) is 4.77 Å². The molecular formula is C10H12N2S. The van der Waals surface area contributed by atoms with Crippen molar-refractivity contribution < 1.29 is 0 Å². The number of para-hydroxylation sites is 1. The monoisotopic (exact) mass is 192 g/mol. The highest BCUT2D eigenvalue weighted by Gasteiger charge is 2.03. The molecule has 0 radical (unpaired) electrons. The van der Waals surface area contributed by atoms with Gasteiger partial charge in [0.15, 0.2) is 4.77 Å². The molecule has 0 spiro atoms. The number of hydrogen-bond donors (Lipinski definition) is 1. The van der Waals surface area contributed by atoms with Gasteiger partial charge in [-0.15, -0.1) is 0 Å². The molecule has 1 aromatic heterocycles. The average molecular weight is 192 g/mol. The van der Waals surface area contributed by atoms with Gasteiger partial charge in [0, 0.05) is 7.05 Å². The summed E-state index contributed by atoms with van der Waals surface area (Å²) in [5.41, 5.74) is 3.70. The largest absolute Gasteiger partial charge is 0.331 e. The van der Waals surface area contributed by atoms with E-state index in [0.717, 1.165) is 16.7 Å².